The summed E-state index contributed by atoms with van der Waals surface area (Å²) in [6.45, 7) is 5.75. The van der Waals surface area contributed by atoms with Gasteiger partial charge in [-0.15, -0.1) is 0 Å². The van der Waals surface area contributed by atoms with Crippen molar-refractivity contribution in [2.45, 2.75) is 39.0 Å². The third-order valence-corrected chi connectivity index (χ3v) is 3.85. The molecular weight excluding hydrogens is 172 g/mol. The molecule has 0 saturated heterocycles. The molecule has 0 amide bonds. The van der Waals surface area contributed by atoms with E-state index in [2.05, 4.69) is 12.7 Å². The zero-order chi connectivity index (χ0) is 10.2. The molecule has 2 rings (SSSR count). The van der Waals surface area contributed by atoms with Gasteiger partial charge in [0.2, 0.25) is 0 Å². The van der Waals surface area contributed by atoms with Crippen molar-refractivity contribution in [1.29, 1.82) is 0 Å². The molecule has 1 heteroatoms. The van der Waals surface area contributed by atoms with Crippen molar-refractivity contribution >= 4 is 5.78 Å². The number of rotatable bonds is 1. The third-order valence-electron chi connectivity index (χ3n) is 3.85. The second-order valence-corrected chi connectivity index (χ2v) is 4.79. The molecule has 1 nitrogen and oxygen atoms in total. The molecule has 1 atom stereocenters. The van der Waals surface area contributed by atoms with E-state index in [-0.39, 0.29) is 11.3 Å². The summed E-state index contributed by atoms with van der Waals surface area (Å²) in [6, 6.07) is 0. The van der Waals surface area contributed by atoms with Crippen LogP contribution in [0.3, 0.4) is 0 Å². The van der Waals surface area contributed by atoms with E-state index in [0.29, 0.717) is 5.78 Å². The van der Waals surface area contributed by atoms with Gasteiger partial charge in [-0.25, -0.2) is 0 Å². The van der Waals surface area contributed by atoms with Crippen molar-refractivity contribution in [2.75, 3.05) is 0 Å². The normalized spacial score (nSPS) is 29.8. The maximum atomic E-state index is 11.7. The van der Waals surface area contributed by atoms with Gasteiger partial charge < -0.3 is 0 Å². The monoisotopic (exact) mass is 190 g/mol. The van der Waals surface area contributed by atoms with E-state index < -0.39 is 0 Å². The van der Waals surface area contributed by atoms with Crippen molar-refractivity contribution in [3.63, 3.8) is 0 Å². The number of Topliss-reactive ketones (excluding diaryl/α,β-unsaturated/α-hetero) is 1. The summed E-state index contributed by atoms with van der Waals surface area (Å²) in [6.07, 6.45) is 10.3. The summed E-state index contributed by atoms with van der Waals surface area (Å²) in [4.78, 5) is 11.7. The van der Waals surface area contributed by atoms with Crippen LogP contribution in [0.1, 0.15) is 39.0 Å². The Morgan fingerprint density at radius 3 is 2.71 bits per heavy atom. The highest BCUT2D eigenvalue weighted by Gasteiger charge is 2.44. The lowest BCUT2D eigenvalue weighted by Gasteiger charge is -2.38. The molecule has 1 saturated carbocycles. The fourth-order valence-electron chi connectivity index (χ4n) is 3.32. The van der Waals surface area contributed by atoms with Crippen LogP contribution in [0.4, 0.5) is 0 Å². The predicted octanol–water partition coefficient (Wildman–Crippen LogP) is 3.27. The Morgan fingerprint density at radius 1 is 1.50 bits per heavy atom. The summed E-state index contributed by atoms with van der Waals surface area (Å²) in [7, 11) is 0. The Balaban J connectivity index is 2.35. The van der Waals surface area contributed by atoms with Crippen LogP contribution in [0.15, 0.2) is 24.3 Å². The van der Waals surface area contributed by atoms with Crippen LogP contribution in [0, 0.1) is 11.3 Å². The summed E-state index contributed by atoms with van der Waals surface area (Å²) in [5, 5.41) is 0. The van der Waals surface area contributed by atoms with E-state index in [1.165, 1.54) is 25.7 Å². The number of hydrogen-bond donors (Lipinski definition) is 0. The van der Waals surface area contributed by atoms with Gasteiger partial charge in [-0.3, -0.25) is 4.79 Å². The van der Waals surface area contributed by atoms with Gasteiger partial charge >= 0.3 is 0 Å². The van der Waals surface area contributed by atoms with Crippen LogP contribution in [0.5, 0.6) is 0 Å². The first kappa shape index (κ1) is 9.70. The molecule has 0 bridgehead atoms. The quantitative estimate of drug-likeness (QED) is 0.620. The fraction of sp³-hybridized carbons (Fsp3) is 0.615. The summed E-state index contributed by atoms with van der Waals surface area (Å²) >= 11 is 0. The van der Waals surface area contributed by atoms with E-state index in [1.807, 2.05) is 6.08 Å². The molecule has 0 aromatic rings. The molecule has 0 aliphatic heterocycles. The van der Waals surface area contributed by atoms with Gasteiger partial charge in [0, 0.05) is 5.92 Å². The SMILES string of the molecule is C=C1C=CCC2(CCCC2)C1C(C)=O. The van der Waals surface area contributed by atoms with Gasteiger partial charge in [0.05, 0.1) is 0 Å². The molecule has 0 aromatic carbocycles. The molecule has 2 aliphatic rings. The molecule has 0 N–H and O–H groups in total. The first-order valence-electron chi connectivity index (χ1n) is 5.51. The van der Waals surface area contributed by atoms with E-state index in [4.69, 9.17) is 0 Å². The Kier molecular flexibility index (Phi) is 2.34. The number of carbonyl (C=O) groups is 1. The highest BCUT2D eigenvalue weighted by atomic mass is 16.1. The van der Waals surface area contributed by atoms with Crippen molar-refractivity contribution in [3.05, 3.63) is 24.3 Å². The van der Waals surface area contributed by atoms with Crippen LogP contribution in [0.2, 0.25) is 0 Å². The molecule has 76 valence electrons. The van der Waals surface area contributed by atoms with Crippen LogP contribution in [0.25, 0.3) is 0 Å². The highest BCUT2D eigenvalue weighted by Crippen LogP contribution is 2.52. The van der Waals surface area contributed by atoms with E-state index in [1.54, 1.807) is 6.92 Å². The molecule has 14 heavy (non-hydrogen) atoms. The Morgan fingerprint density at radius 2 is 2.14 bits per heavy atom. The minimum atomic E-state index is 0.106. The molecule has 2 aliphatic carbocycles. The second kappa shape index (κ2) is 3.38. The van der Waals surface area contributed by atoms with Crippen molar-refractivity contribution in [1.82, 2.24) is 0 Å². The van der Waals surface area contributed by atoms with Crippen molar-refractivity contribution < 1.29 is 4.79 Å². The lowest BCUT2D eigenvalue weighted by molar-refractivity contribution is -0.123. The van der Waals surface area contributed by atoms with Gasteiger partial charge in [-0.2, -0.15) is 0 Å². The zero-order valence-corrected chi connectivity index (χ0v) is 8.88. The molecule has 1 unspecified atom stereocenters. The molecule has 1 fully saturated rings. The van der Waals surface area contributed by atoms with E-state index >= 15 is 0 Å². The number of allylic oxidation sites excluding steroid dienone is 3. The molecule has 0 aromatic heterocycles. The van der Waals surface area contributed by atoms with Crippen LogP contribution >= 0.6 is 0 Å². The Bertz CT molecular complexity index is 292. The number of hydrogen-bond acceptors (Lipinski definition) is 1. The van der Waals surface area contributed by atoms with Crippen LogP contribution in [-0.2, 0) is 4.79 Å². The average molecular weight is 190 g/mol. The zero-order valence-electron chi connectivity index (χ0n) is 8.88. The topological polar surface area (TPSA) is 17.1 Å². The highest BCUT2D eigenvalue weighted by molar-refractivity contribution is 5.83. The maximum absolute atomic E-state index is 11.7. The van der Waals surface area contributed by atoms with Crippen molar-refractivity contribution in [2.24, 2.45) is 11.3 Å². The second-order valence-electron chi connectivity index (χ2n) is 4.79. The lowest BCUT2D eigenvalue weighted by atomic mass is 9.64. The van der Waals surface area contributed by atoms with Gasteiger partial charge in [-0.1, -0.05) is 31.6 Å². The first-order chi connectivity index (χ1) is 6.66. The lowest BCUT2D eigenvalue weighted by Crippen LogP contribution is -2.35. The minimum absolute atomic E-state index is 0.106. The number of ketones is 1. The van der Waals surface area contributed by atoms with Crippen LogP contribution < -0.4 is 0 Å². The molecule has 1 spiro atoms. The van der Waals surface area contributed by atoms with Crippen LogP contribution in [-0.4, -0.2) is 5.78 Å². The van der Waals surface area contributed by atoms with Gasteiger partial charge in [-0.05, 0) is 37.2 Å². The van der Waals surface area contributed by atoms with Crippen molar-refractivity contribution in [3.8, 4) is 0 Å². The Hall–Kier alpha value is -0.850. The third kappa shape index (κ3) is 1.35. The summed E-state index contributed by atoms with van der Waals surface area (Å²) < 4.78 is 0. The standard InChI is InChI=1S/C13H18O/c1-10-6-5-9-13(7-3-4-8-13)12(10)11(2)14/h5-6,12H,1,3-4,7-9H2,2H3. The molecule has 0 heterocycles. The molecular formula is C13H18O. The van der Waals surface area contributed by atoms with E-state index in [0.717, 1.165) is 12.0 Å². The largest absolute Gasteiger partial charge is 0.299 e. The average Bonchev–Trinajstić information content (AvgIpc) is 2.53. The maximum Gasteiger partial charge on any atom is 0.137 e. The van der Waals surface area contributed by atoms with Gasteiger partial charge in [0.1, 0.15) is 5.78 Å². The molecule has 0 radical (unpaired) electrons. The Labute approximate surface area is 85.9 Å². The van der Waals surface area contributed by atoms with Gasteiger partial charge in [0.25, 0.3) is 0 Å². The smallest absolute Gasteiger partial charge is 0.137 e. The summed E-state index contributed by atoms with van der Waals surface area (Å²) in [5.41, 5.74) is 1.28. The van der Waals surface area contributed by atoms with E-state index in [9.17, 15) is 4.79 Å². The fourth-order valence-corrected chi connectivity index (χ4v) is 3.32. The predicted molar refractivity (Wildman–Crippen MR) is 58.0 cm³/mol. The minimum Gasteiger partial charge on any atom is -0.299 e. The van der Waals surface area contributed by atoms with Gasteiger partial charge in [0.15, 0.2) is 0 Å². The summed E-state index contributed by atoms with van der Waals surface area (Å²) in [5.74, 6) is 0.413. The first-order valence-corrected chi connectivity index (χ1v) is 5.51. The number of carbonyl (C=O) groups excluding carboxylic acids is 1.